The molecule has 1 aromatic carbocycles. The summed E-state index contributed by atoms with van der Waals surface area (Å²) in [5, 5.41) is 13.8. The predicted octanol–water partition coefficient (Wildman–Crippen LogP) is 2.68. The molecule has 0 heterocycles. The molecule has 0 saturated heterocycles. The first kappa shape index (κ1) is 19.7. The number of carboxylic acid groups (broad SMARTS) is 2. The first-order chi connectivity index (χ1) is 7.26. The van der Waals surface area contributed by atoms with Crippen molar-refractivity contribution >= 4 is 12.9 Å². The highest BCUT2D eigenvalue weighted by Crippen LogP contribution is 2.00. The van der Waals surface area contributed by atoms with Crippen molar-refractivity contribution in [2.45, 2.75) is 27.2 Å². The molecule has 2 N–H and O–H groups in total. The van der Waals surface area contributed by atoms with E-state index in [9.17, 15) is 0 Å². The topological polar surface area (TPSA) is 74.6 Å². The first-order valence-electron chi connectivity index (χ1n) is 4.46. The van der Waals surface area contributed by atoms with E-state index >= 15 is 0 Å². The lowest BCUT2D eigenvalue weighted by Crippen LogP contribution is -1.78. The number of carbonyl (C=O) groups is 2. The zero-order valence-electron chi connectivity index (χ0n) is 8.67. The summed E-state index contributed by atoms with van der Waals surface area (Å²) in [6, 6.07) is 10.6. The smallest absolute Gasteiger partial charge is 0.290 e. The van der Waals surface area contributed by atoms with Gasteiger partial charge in [-0.05, 0) is 12.0 Å². The van der Waals surface area contributed by atoms with Crippen LogP contribution < -0.4 is 0 Å². The number of benzene rings is 1. The Morgan fingerprint density at radius 3 is 1.75 bits per heavy atom. The van der Waals surface area contributed by atoms with E-state index in [2.05, 4.69) is 37.3 Å². The lowest BCUT2D eigenvalue weighted by Gasteiger charge is -1.93. The van der Waals surface area contributed by atoms with E-state index in [-0.39, 0.29) is 20.4 Å². The van der Waals surface area contributed by atoms with E-state index in [1.165, 1.54) is 18.4 Å². The summed E-state index contributed by atoms with van der Waals surface area (Å²) in [5.41, 5.74) is 1.44. The molecule has 0 aliphatic carbocycles. The quantitative estimate of drug-likeness (QED) is 0.763. The zero-order chi connectivity index (χ0) is 11.9. The normalized spacial score (nSPS) is 6.81. The van der Waals surface area contributed by atoms with Crippen LogP contribution in [-0.4, -0.2) is 23.2 Å². The maximum atomic E-state index is 8.36. The van der Waals surface area contributed by atoms with E-state index in [0.717, 1.165) is 0 Å². The van der Waals surface area contributed by atoms with Crippen LogP contribution in [0, 0.1) is 0 Å². The second kappa shape index (κ2) is 18.9. The molecule has 0 atom stereocenters. The van der Waals surface area contributed by atoms with Gasteiger partial charge >= 0.3 is 0 Å². The van der Waals surface area contributed by atoms with E-state index in [4.69, 9.17) is 19.8 Å². The van der Waals surface area contributed by atoms with Crippen LogP contribution in [0.3, 0.4) is 0 Å². The van der Waals surface area contributed by atoms with Crippen LogP contribution in [0.25, 0.3) is 0 Å². The summed E-state index contributed by atoms with van der Waals surface area (Å²) < 4.78 is 0. The minimum absolute atomic E-state index is 0. The molecule has 0 amide bonds. The molecule has 16 heavy (non-hydrogen) atoms. The van der Waals surface area contributed by atoms with Gasteiger partial charge in [-0.1, -0.05) is 51.1 Å². The van der Waals surface area contributed by atoms with Gasteiger partial charge in [0.1, 0.15) is 0 Å². The van der Waals surface area contributed by atoms with Crippen LogP contribution in [0.4, 0.5) is 0 Å². The van der Waals surface area contributed by atoms with Crippen molar-refractivity contribution in [1.82, 2.24) is 0 Å². The van der Waals surface area contributed by atoms with E-state index in [1.807, 2.05) is 0 Å². The lowest BCUT2D eigenvalue weighted by molar-refractivity contribution is -0.123. The second-order valence-corrected chi connectivity index (χ2v) is 2.45. The van der Waals surface area contributed by atoms with Gasteiger partial charge in [0, 0.05) is 0 Å². The molecule has 0 bridgehead atoms. The average molecular weight is 228 g/mol. The Kier molecular flexibility index (Phi) is 23.2. The Morgan fingerprint density at radius 2 is 1.44 bits per heavy atom. The molecule has 0 aromatic heterocycles. The molecule has 92 valence electrons. The summed E-state index contributed by atoms with van der Waals surface area (Å²) in [7, 11) is 0. The van der Waals surface area contributed by atoms with Crippen molar-refractivity contribution in [3.8, 4) is 0 Å². The number of hydrogen-bond donors (Lipinski definition) is 2. The van der Waals surface area contributed by atoms with Crippen LogP contribution >= 0.6 is 0 Å². The first-order valence-corrected chi connectivity index (χ1v) is 4.46. The van der Waals surface area contributed by atoms with Crippen LogP contribution in [0.15, 0.2) is 30.3 Å². The molecule has 1 rings (SSSR count). The van der Waals surface area contributed by atoms with E-state index < -0.39 is 0 Å². The molecule has 0 spiro atoms. The Bertz CT molecular complexity index is 228. The third-order valence-corrected chi connectivity index (χ3v) is 1.38. The minimum atomic E-state index is -0.250. The third kappa shape index (κ3) is 18.0. The van der Waals surface area contributed by atoms with Crippen molar-refractivity contribution in [3.05, 3.63) is 35.9 Å². The standard InChI is InChI=1S/C9H12.2CH2O2.CH4/c1-2-6-9-7-4-3-5-8-9;2*2-1-3;/h3-5,7-8H,2,6H2,1H3;2*1H,(H,2,3);1H4. The molecule has 4 nitrogen and oxygen atoms in total. The van der Waals surface area contributed by atoms with E-state index in [1.54, 1.807) is 0 Å². The van der Waals surface area contributed by atoms with Crippen molar-refractivity contribution in [3.63, 3.8) is 0 Å². The fraction of sp³-hybridized carbons (Fsp3) is 0.333. The van der Waals surface area contributed by atoms with Gasteiger partial charge in [0.05, 0.1) is 0 Å². The molecular formula is C12H20O4. The predicted molar refractivity (Wildman–Crippen MR) is 64.6 cm³/mol. The minimum Gasteiger partial charge on any atom is -0.483 e. The summed E-state index contributed by atoms with van der Waals surface area (Å²) in [4.78, 5) is 16.7. The van der Waals surface area contributed by atoms with Crippen molar-refractivity contribution in [2.24, 2.45) is 0 Å². The lowest BCUT2D eigenvalue weighted by atomic mass is 10.1. The molecule has 0 aliphatic rings. The van der Waals surface area contributed by atoms with Gasteiger partial charge in [0.2, 0.25) is 0 Å². The number of aryl methyl sites for hydroxylation is 1. The number of rotatable bonds is 2. The van der Waals surface area contributed by atoms with Gasteiger partial charge in [-0.25, -0.2) is 0 Å². The molecule has 4 heteroatoms. The third-order valence-electron chi connectivity index (χ3n) is 1.38. The molecular weight excluding hydrogens is 208 g/mol. The summed E-state index contributed by atoms with van der Waals surface area (Å²) >= 11 is 0. The van der Waals surface area contributed by atoms with E-state index in [0.29, 0.717) is 0 Å². The Balaban J connectivity index is -0.000000207. The Labute approximate surface area is 96.6 Å². The van der Waals surface area contributed by atoms with Crippen LogP contribution in [0.1, 0.15) is 26.3 Å². The molecule has 1 aromatic rings. The van der Waals surface area contributed by atoms with Gasteiger partial charge in [-0.15, -0.1) is 0 Å². The van der Waals surface area contributed by atoms with Crippen LogP contribution in [0.2, 0.25) is 0 Å². The summed E-state index contributed by atoms with van der Waals surface area (Å²) in [5.74, 6) is 0. The summed E-state index contributed by atoms with van der Waals surface area (Å²) in [6.45, 7) is 1.70. The number of hydrogen-bond acceptors (Lipinski definition) is 2. The van der Waals surface area contributed by atoms with Crippen molar-refractivity contribution < 1.29 is 19.8 Å². The molecule has 0 radical (unpaired) electrons. The second-order valence-electron chi connectivity index (χ2n) is 2.45. The largest absolute Gasteiger partial charge is 0.483 e. The fourth-order valence-electron chi connectivity index (χ4n) is 0.933. The van der Waals surface area contributed by atoms with Gasteiger partial charge < -0.3 is 10.2 Å². The van der Waals surface area contributed by atoms with Crippen molar-refractivity contribution in [2.75, 3.05) is 0 Å². The Morgan fingerprint density at radius 1 is 1.06 bits per heavy atom. The highest BCUT2D eigenvalue weighted by molar-refractivity contribution is 5.33. The van der Waals surface area contributed by atoms with Crippen LogP contribution in [0.5, 0.6) is 0 Å². The van der Waals surface area contributed by atoms with Gasteiger partial charge in [-0.2, -0.15) is 0 Å². The van der Waals surface area contributed by atoms with Crippen LogP contribution in [-0.2, 0) is 16.0 Å². The zero-order valence-corrected chi connectivity index (χ0v) is 8.67. The monoisotopic (exact) mass is 228 g/mol. The highest BCUT2D eigenvalue weighted by Gasteiger charge is 1.84. The maximum absolute atomic E-state index is 8.36. The highest BCUT2D eigenvalue weighted by atomic mass is 16.3. The summed E-state index contributed by atoms with van der Waals surface area (Å²) in [6.07, 6.45) is 2.45. The average Bonchev–Trinajstić information content (AvgIpc) is 2.22. The molecule has 0 aliphatic heterocycles. The SMILES string of the molecule is C.CCCc1ccccc1.O=CO.O=CO. The molecule has 0 saturated carbocycles. The van der Waals surface area contributed by atoms with Gasteiger partial charge in [0.15, 0.2) is 0 Å². The molecule has 0 fully saturated rings. The van der Waals surface area contributed by atoms with Gasteiger partial charge in [0.25, 0.3) is 12.9 Å². The Hall–Kier alpha value is -1.84. The molecule has 0 unspecified atom stereocenters. The van der Waals surface area contributed by atoms with Gasteiger partial charge in [-0.3, -0.25) is 9.59 Å². The maximum Gasteiger partial charge on any atom is 0.290 e. The fourth-order valence-corrected chi connectivity index (χ4v) is 0.933. The van der Waals surface area contributed by atoms with Crippen molar-refractivity contribution in [1.29, 1.82) is 0 Å².